The van der Waals surface area contributed by atoms with Crippen molar-refractivity contribution >= 4 is 67.2 Å². The molecule has 276 valence electrons. The Morgan fingerprint density at radius 2 is 1.55 bits per heavy atom. The number of amides is 5. The van der Waals surface area contributed by atoms with E-state index in [-0.39, 0.29) is 30.0 Å². The number of hydrogen-bond donors (Lipinski definition) is 3. The second kappa shape index (κ2) is 17.0. The molecule has 0 unspecified atom stereocenters. The average molecular weight is 833 g/mol. The van der Waals surface area contributed by atoms with E-state index in [9.17, 15) is 19.2 Å². The van der Waals surface area contributed by atoms with E-state index in [0.29, 0.717) is 76.9 Å². The SMILES string of the molecule is CCOC(=O)CN1CCN(C2CCN(C(=O)[C@@H](Cc3cc(Br)c(N)c(Br)c3)NC(=O)N3CCC(N4Cc5ccccc5NC4=O)CC3)CC2)CC1. The summed E-state index contributed by atoms with van der Waals surface area (Å²) in [6.45, 7) is 8.67. The Morgan fingerprint density at radius 3 is 2.22 bits per heavy atom. The van der Waals surface area contributed by atoms with E-state index in [1.54, 1.807) is 4.90 Å². The lowest BCUT2D eigenvalue weighted by atomic mass is 9.99. The number of likely N-dealkylation sites (tertiary alicyclic amines) is 2. The number of para-hydroxylation sites is 1. The van der Waals surface area contributed by atoms with Crippen LogP contribution in [0.4, 0.5) is 21.0 Å². The van der Waals surface area contributed by atoms with E-state index in [4.69, 9.17) is 10.5 Å². The number of hydrogen-bond acceptors (Lipinski definition) is 8. The molecule has 5 amide bonds. The fourth-order valence-electron chi connectivity index (χ4n) is 7.68. The van der Waals surface area contributed by atoms with Crippen molar-refractivity contribution in [2.24, 2.45) is 0 Å². The van der Waals surface area contributed by atoms with Crippen LogP contribution in [-0.4, -0.2) is 132 Å². The quantitative estimate of drug-likeness (QED) is 0.254. The number of anilines is 2. The molecule has 4 N–H and O–H groups in total. The number of halogens is 2. The largest absolute Gasteiger partial charge is 0.465 e. The van der Waals surface area contributed by atoms with Crippen molar-refractivity contribution in [3.8, 4) is 0 Å². The molecular formula is C36H48Br2N8O5. The highest BCUT2D eigenvalue weighted by molar-refractivity contribution is 9.11. The first kappa shape index (κ1) is 37.4. The molecule has 15 heteroatoms. The third kappa shape index (κ3) is 9.16. The predicted molar refractivity (Wildman–Crippen MR) is 202 cm³/mol. The lowest BCUT2D eigenvalue weighted by Gasteiger charge is -2.43. The zero-order valence-electron chi connectivity index (χ0n) is 29.1. The van der Waals surface area contributed by atoms with Crippen LogP contribution in [0.5, 0.6) is 0 Å². The number of nitrogens with zero attached hydrogens (tertiary/aromatic N) is 5. The highest BCUT2D eigenvalue weighted by Gasteiger charge is 2.36. The van der Waals surface area contributed by atoms with Gasteiger partial charge in [-0.15, -0.1) is 0 Å². The standard InChI is InChI=1S/C36H48Br2N8O5/c1-2-51-32(47)23-42-15-17-43(18-16-42)26-7-11-44(12-8-26)34(48)31(21-24-19-28(37)33(39)29(38)20-24)41-35(49)45-13-9-27(10-14-45)46-22-25-5-3-4-6-30(25)40-36(46)50/h3-6,19-20,26-27,31H,2,7-18,21-23,39H2,1H3,(H,40,50)(H,41,49)/t31-/m1/s1. The first-order chi connectivity index (χ1) is 24.6. The number of esters is 1. The Balaban J connectivity index is 1.05. The Hall–Kier alpha value is -3.40. The normalized spacial score (nSPS) is 20.1. The Kier molecular flexibility index (Phi) is 12.4. The summed E-state index contributed by atoms with van der Waals surface area (Å²) >= 11 is 7.05. The zero-order valence-corrected chi connectivity index (χ0v) is 32.3. The highest BCUT2D eigenvalue weighted by Crippen LogP contribution is 2.31. The van der Waals surface area contributed by atoms with Gasteiger partial charge in [-0.2, -0.15) is 0 Å². The number of carbonyl (C=O) groups is 4. The van der Waals surface area contributed by atoms with Crippen molar-refractivity contribution in [1.29, 1.82) is 0 Å². The topological polar surface area (TPSA) is 144 Å². The number of carbonyl (C=O) groups excluding carboxylic acids is 4. The maximum absolute atomic E-state index is 14.2. The number of fused-ring (bicyclic) bond motifs is 1. The van der Waals surface area contributed by atoms with Gasteiger partial charge >= 0.3 is 18.0 Å². The van der Waals surface area contributed by atoms with Crippen molar-refractivity contribution in [2.75, 3.05) is 76.6 Å². The summed E-state index contributed by atoms with van der Waals surface area (Å²) in [6, 6.07) is 10.9. The van der Waals surface area contributed by atoms with Crippen LogP contribution in [0.3, 0.4) is 0 Å². The molecule has 13 nitrogen and oxygen atoms in total. The summed E-state index contributed by atoms with van der Waals surface area (Å²) in [5, 5.41) is 6.09. The molecule has 3 saturated heterocycles. The molecule has 2 aromatic rings. The Bertz CT molecular complexity index is 1570. The fraction of sp³-hybridized carbons (Fsp3) is 0.556. The van der Waals surface area contributed by atoms with E-state index in [0.717, 1.165) is 64.8 Å². The number of piperazine rings is 1. The number of nitrogens with one attached hydrogen (secondary N) is 2. The van der Waals surface area contributed by atoms with Gasteiger partial charge in [0.15, 0.2) is 0 Å². The summed E-state index contributed by atoms with van der Waals surface area (Å²) in [5.41, 5.74) is 9.52. The van der Waals surface area contributed by atoms with Crippen LogP contribution >= 0.6 is 31.9 Å². The molecule has 0 bridgehead atoms. The van der Waals surface area contributed by atoms with Gasteiger partial charge in [0.25, 0.3) is 0 Å². The molecule has 0 saturated carbocycles. The van der Waals surface area contributed by atoms with Gasteiger partial charge in [0.2, 0.25) is 5.91 Å². The molecule has 0 aliphatic carbocycles. The molecule has 51 heavy (non-hydrogen) atoms. The maximum atomic E-state index is 14.2. The molecule has 6 rings (SSSR count). The van der Waals surface area contributed by atoms with Crippen molar-refractivity contribution in [2.45, 2.75) is 63.7 Å². The molecule has 4 aliphatic rings. The number of rotatable bonds is 9. The second-order valence-electron chi connectivity index (χ2n) is 13.8. The van der Waals surface area contributed by atoms with Crippen LogP contribution in [0.15, 0.2) is 45.3 Å². The summed E-state index contributed by atoms with van der Waals surface area (Å²) in [7, 11) is 0. The van der Waals surface area contributed by atoms with Gasteiger partial charge in [-0.3, -0.25) is 19.4 Å². The first-order valence-corrected chi connectivity index (χ1v) is 19.5. The number of nitrogens with two attached hydrogens (primary N) is 1. The van der Waals surface area contributed by atoms with E-state index in [1.807, 2.05) is 53.1 Å². The van der Waals surface area contributed by atoms with Crippen LogP contribution in [0.25, 0.3) is 0 Å². The van der Waals surface area contributed by atoms with Crippen LogP contribution in [0, 0.1) is 0 Å². The van der Waals surface area contributed by atoms with Crippen molar-refractivity contribution < 1.29 is 23.9 Å². The maximum Gasteiger partial charge on any atom is 0.322 e. The zero-order chi connectivity index (χ0) is 36.1. The number of ether oxygens (including phenoxy) is 1. The van der Waals surface area contributed by atoms with Gasteiger partial charge in [-0.1, -0.05) is 18.2 Å². The number of piperidine rings is 2. The molecular weight excluding hydrogens is 784 g/mol. The fourth-order valence-corrected chi connectivity index (χ4v) is 8.96. The minimum absolute atomic E-state index is 0.0196. The van der Waals surface area contributed by atoms with Gasteiger partial charge in [-0.25, -0.2) is 9.59 Å². The van der Waals surface area contributed by atoms with Crippen LogP contribution in [0.1, 0.15) is 43.7 Å². The minimum Gasteiger partial charge on any atom is -0.465 e. The summed E-state index contributed by atoms with van der Waals surface area (Å²) in [6.07, 6.45) is 3.33. The Morgan fingerprint density at radius 1 is 0.922 bits per heavy atom. The van der Waals surface area contributed by atoms with Gasteiger partial charge in [-0.05, 0) is 93.8 Å². The molecule has 0 spiro atoms. The number of nitrogen functional groups attached to an aromatic ring is 1. The minimum atomic E-state index is -0.759. The summed E-state index contributed by atoms with van der Waals surface area (Å²) < 4.78 is 6.55. The second-order valence-corrected chi connectivity index (χ2v) is 15.5. The van der Waals surface area contributed by atoms with Crippen molar-refractivity contribution in [3.63, 3.8) is 0 Å². The van der Waals surface area contributed by atoms with Crippen molar-refractivity contribution in [3.05, 3.63) is 56.5 Å². The molecule has 1 atom stereocenters. The van der Waals surface area contributed by atoms with E-state index in [1.165, 1.54) is 0 Å². The van der Waals surface area contributed by atoms with E-state index >= 15 is 0 Å². The van der Waals surface area contributed by atoms with E-state index in [2.05, 4.69) is 52.3 Å². The lowest BCUT2D eigenvalue weighted by Crippen LogP contribution is -2.58. The van der Waals surface area contributed by atoms with Gasteiger partial charge in [0, 0.05) is 92.0 Å². The lowest BCUT2D eigenvalue weighted by molar-refractivity contribution is -0.145. The summed E-state index contributed by atoms with van der Waals surface area (Å²) in [5.74, 6) is -0.274. The van der Waals surface area contributed by atoms with Crippen LogP contribution in [-0.2, 0) is 27.3 Å². The van der Waals surface area contributed by atoms with Crippen LogP contribution in [0.2, 0.25) is 0 Å². The number of benzene rings is 2. The summed E-state index contributed by atoms with van der Waals surface area (Å²) in [4.78, 5) is 62.9. The highest BCUT2D eigenvalue weighted by atomic mass is 79.9. The van der Waals surface area contributed by atoms with Gasteiger partial charge < -0.3 is 35.8 Å². The predicted octanol–water partition coefficient (Wildman–Crippen LogP) is 4.10. The monoisotopic (exact) mass is 830 g/mol. The third-order valence-corrected chi connectivity index (χ3v) is 11.9. The first-order valence-electron chi connectivity index (χ1n) is 17.9. The van der Waals surface area contributed by atoms with Crippen molar-refractivity contribution in [1.82, 2.24) is 29.8 Å². The number of urea groups is 2. The molecule has 4 heterocycles. The smallest absolute Gasteiger partial charge is 0.322 e. The molecule has 2 aromatic carbocycles. The molecule has 0 radical (unpaired) electrons. The third-order valence-electron chi connectivity index (χ3n) is 10.6. The Labute approximate surface area is 316 Å². The molecule has 3 fully saturated rings. The average Bonchev–Trinajstić information content (AvgIpc) is 3.13. The molecule has 4 aliphatic heterocycles. The van der Waals surface area contributed by atoms with Gasteiger partial charge in [0.05, 0.1) is 18.8 Å². The van der Waals surface area contributed by atoms with E-state index < -0.39 is 6.04 Å². The van der Waals surface area contributed by atoms with Crippen LogP contribution < -0.4 is 16.4 Å². The molecule has 0 aromatic heterocycles. The van der Waals surface area contributed by atoms with Gasteiger partial charge in [0.1, 0.15) is 6.04 Å².